The summed E-state index contributed by atoms with van der Waals surface area (Å²) in [6.07, 6.45) is 0. The van der Waals surface area contributed by atoms with E-state index in [9.17, 15) is 15.3 Å². The second-order valence-corrected chi connectivity index (χ2v) is 8.73. The lowest BCUT2D eigenvalue weighted by atomic mass is 10.0. The van der Waals surface area contributed by atoms with Crippen molar-refractivity contribution in [2.24, 2.45) is 0 Å². The SMILES string of the molecule is Cc1ccc(Oc2ccc(N(c3cc(O)c(C)cc3C)c3cc(O)c(C)cc3C)cc2)cc1O. The van der Waals surface area contributed by atoms with Gasteiger partial charge in [-0.2, -0.15) is 0 Å². The van der Waals surface area contributed by atoms with Crippen LogP contribution < -0.4 is 9.64 Å². The number of phenols is 3. The third-order valence-electron chi connectivity index (χ3n) is 6.02. The quantitative estimate of drug-likeness (QED) is 0.289. The van der Waals surface area contributed by atoms with Gasteiger partial charge in [0, 0.05) is 23.9 Å². The number of phenolic OH excluding ortho intramolecular Hbond substituents is 3. The molecule has 0 spiro atoms. The van der Waals surface area contributed by atoms with E-state index < -0.39 is 0 Å². The van der Waals surface area contributed by atoms with Gasteiger partial charge in [-0.1, -0.05) is 18.2 Å². The summed E-state index contributed by atoms with van der Waals surface area (Å²) in [4.78, 5) is 2.02. The van der Waals surface area contributed by atoms with Gasteiger partial charge in [0.25, 0.3) is 0 Å². The standard InChI is InChI=1S/C29H29NO4/c1-17-6-9-24(14-27(17)31)34-23-10-7-22(8-11-23)30(25-15-28(32)20(4)12-18(25)2)26-16-29(33)21(5)13-19(26)3/h6-16,31-33H,1-5H3. The number of aromatic hydroxyl groups is 3. The first-order valence-electron chi connectivity index (χ1n) is 11.1. The lowest BCUT2D eigenvalue weighted by Gasteiger charge is -2.29. The predicted octanol–water partition coefficient (Wildman–Crippen LogP) is 7.61. The Morgan fingerprint density at radius 1 is 0.500 bits per heavy atom. The van der Waals surface area contributed by atoms with Crippen LogP contribution >= 0.6 is 0 Å². The van der Waals surface area contributed by atoms with Gasteiger partial charge < -0.3 is 25.0 Å². The largest absolute Gasteiger partial charge is 0.508 e. The molecule has 0 aliphatic rings. The molecule has 4 rings (SSSR count). The Bertz CT molecular complexity index is 1300. The first kappa shape index (κ1) is 23.1. The second-order valence-electron chi connectivity index (χ2n) is 8.73. The molecule has 0 unspecified atom stereocenters. The molecule has 0 saturated heterocycles. The third-order valence-corrected chi connectivity index (χ3v) is 6.02. The Balaban J connectivity index is 1.79. The molecular formula is C29H29NO4. The van der Waals surface area contributed by atoms with Crippen molar-refractivity contribution in [3.8, 4) is 28.7 Å². The zero-order valence-corrected chi connectivity index (χ0v) is 20.0. The van der Waals surface area contributed by atoms with Gasteiger partial charge in [-0.15, -0.1) is 0 Å². The monoisotopic (exact) mass is 455 g/mol. The molecule has 174 valence electrons. The predicted molar refractivity (Wildman–Crippen MR) is 136 cm³/mol. The molecule has 0 fully saturated rings. The van der Waals surface area contributed by atoms with E-state index in [0.29, 0.717) is 11.5 Å². The summed E-state index contributed by atoms with van der Waals surface area (Å²) in [6, 6.07) is 20.2. The fourth-order valence-electron chi connectivity index (χ4n) is 4.00. The molecule has 0 amide bonds. The minimum Gasteiger partial charge on any atom is -0.508 e. The van der Waals surface area contributed by atoms with E-state index in [1.807, 2.05) is 82.0 Å². The van der Waals surface area contributed by atoms with Crippen molar-refractivity contribution in [1.82, 2.24) is 0 Å². The van der Waals surface area contributed by atoms with Crippen LogP contribution in [0.3, 0.4) is 0 Å². The summed E-state index contributed by atoms with van der Waals surface area (Å²) in [6.45, 7) is 9.57. The lowest BCUT2D eigenvalue weighted by Crippen LogP contribution is -2.13. The van der Waals surface area contributed by atoms with E-state index in [1.54, 1.807) is 24.3 Å². The van der Waals surface area contributed by atoms with E-state index >= 15 is 0 Å². The highest BCUT2D eigenvalue weighted by Gasteiger charge is 2.19. The maximum Gasteiger partial charge on any atom is 0.131 e. The molecule has 0 radical (unpaired) electrons. The van der Waals surface area contributed by atoms with Crippen LogP contribution in [0.1, 0.15) is 27.8 Å². The Labute approximate surface area is 200 Å². The molecular weight excluding hydrogens is 426 g/mol. The van der Waals surface area contributed by atoms with Crippen molar-refractivity contribution in [2.75, 3.05) is 4.90 Å². The van der Waals surface area contributed by atoms with Gasteiger partial charge in [-0.05, 0) is 92.8 Å². The van der Waals surface area contributed by atoms with Gasteiger partial charge in [0.15, 0.2) is 0 Å². The van der Waals surface area contributed by atoms with Crippen LogP contribution in [-0.4, -0.2) is 15.3 Å². The summed E-state index contributed by atoms with van der Waals surface area (Å²) < 4.78 is 5.92. The van der Waals surface area contributed by atoms with Gasteiger partial charge in [0.2, 0.25) is 0 Å². The number of hydrogen-bond acceptors (Lipinski definition) is 5. The highest BCUT2D eigenvalue weighted by molar-refractivity contribution is 5.82. The lowest BCUT2D eigenvalue weighted by molar-refractivity contribution is 0.452. The summed E-state index contributed by atoms with van der Waals surface area (Å²) in [5.74, 6) is 1.77. The molecule has 0 atom stereocenters. The Kier molecular flexibility index (Phi) is 6.12. The van der Waals surface area contributed by atoms with E-state index in [0.717, 1.165) is 44.9 Å². The van der Waals surface area contributed by atoms with Crippen molar-refractivity contribution < 1.29 is 20.1 Å². The van der Waals surface area contributed by atoms with E-state index in [4.69, 9.17) is 4.74 Å². The van der Waals surface area contributed by atoms with Crippen molar-refractivity contribution in [3.63, 3.8) is 0 Å². The van der Waals surface area contributed by atoms with Crippen molar-refractivity contribution in [2.45, 2.75) is 34.6 Å². The molecule has 5 heteroatoms. The summed E-state index contributed by atoms with van der Waals surface area (Å²) in [7, 11) is 0. The highest BCUT2D eigenvalue weighted by Crippen LogP contribution is 2.43. The number of hydrogen-bond donors (Lipinski definition) is 3. The van der Waals surface area contributed by atoms with Gasteiger partial charge in [0.05, 0.1) is 11.4 Å². The zero-order valence-electron chi connectivity index (χ0n) is 20.0. The van der Waals surface area contributed by atoms with Crippen LogP contribution in [0.5, 0.6) is 28.7 Å². The average Bonchev–Trinajstić information content (AvgIpc) is 2.79. The fourth-order valence-corrected chi connectivity index (χ4v) is 4.00. The number of anilines is 3. The minimum absolute atomic E-state index is 0.185. The third kappa shape index (κ3) is 4.50. The molecule has 3 N–H and O–H groups in total. The number of nitrogens with zero attached hydrogens (tertiary/aromatic N) is 1. The molecule has 0 aliphatic heterocycles. The maximum absolute atomic E-state index is 10.5. The molecule has 0 saturated carbocycles. The molecule has 5 nitrogen and oxygen atoms in total. The molecule has 0 aliphatic carbocycles. The molecule has 0 heterocycles. The zero-order chi connectivity index (χ0) is 24.6. The van der Waals surface area contributed by atoms with Gasteiger partial charge in [-0.3, -0.25) is 0 Å². The fraction of sp³-hybridized carbons (Fsp3) is 0.172. The van der Waals surface area contributed by atoms with Crippen LogP contribution in [0.4, 0.5) is 17.1 Å². The van der Waals surface area contributed by atoms with E-state index in [-0.39, 0.29) is 17.2 Å². The number of benzene rings is 4. The van der Waals surface area contributed by atoms with Crippen LogP contribution in [-0.2, 0) is 0 Å². The number of aryl methyl sites for hydroxylation is 5. The molecule has 4 aromatic carbocycles. The van der Waals surface area contributed by atoms with Crippen molar-refractivity contribution in [1.29, 1.82) is 0 Å². The van der Waals surface area contributed by atoms with E-state index in [2.05, 4.69) is 0 Å². The van der Waals surface area contributed by atoms with Crippen molar-refractivity contribution in [3.05, 3.63) is 94.5 Å². The minimum atomic E-state index is 0.185. The summed E-state index contributed by atoms with van der Waals surface area (Å²) in [5, 5.41) is 30.9. The summed E-state index contributed by atoms with van der Waals surface area (Å²) >= 11 is 0. The second kappa shape index (κ2) is 9.02. The van der Waals surface area contributed by atoms with Crippen LogP contribution in [0.2, 0.25) is 0 Å². The average molecular weight is 456 g/mol. The number of rotatable bonds is 5. The topological polar surface area (TPSA) is 73.2 Å². The first-order valence-corrected chi connectivity index (χ1v) is 11.1. The highest BCUT2D eigenvalue weighted by atomic mass is 16.5. The van der Waals surface area contributed by atoms with Crippen LogP contribution in [0, 0.1) is 34.6 Å². The van der Waals surface area contributed by atoms with Gasteiger partial charge in [-0.25, -0.2) is 0 Å². The van der Waals surface area contributed by atoms with Crippen LogP contribution in [0.25, 0.3) is 0 Å². The van der Waals surface area contributed by atoms with Crippen molar-refractivity contribution >= 4 is 17.1 Å². The molecule has 4 aromatic rings. The Morgan fingerprint density at radius 2 is 0.971 bits per heavy atom. The molecule has 34 heavy (non-hydrogen) atoms. The normalized spacial score (nSPS) is 10.9. The number of ether oxygens (including phenoxy) is 1. The van der Waals surface area contributed by atoms with Crippen LogP contribution in [0.15, 0.2) is 66.7 Å². The molecule has 0 bridgehead atoms. The maximum atomic E-state index is 10.5. The smallest absolute Gasteiger partial charge is 0.131 e. The molecule has 0 aromatic heterocycles. The van der Waals surface area contributed by atoms with Gasteiger partial charge >= 0.3 is 0 Å². The first-order chi connectivity index (χ1) is 16.1. The van der Waals surface area contributed by atoms with Gasteiger partial charge in [0.1, 0.15) is 28.7 Å². The summed E-state index contributed by atoms with van der Waals surface area (Å²) in [5.41, 5.74) is 6.83. The van der Waals surface area contributed by atoms with E-state index in [1.165, 1.54) is 0 Å². The Morgan fingerprint density at radius 3 is 1.47 bits per heavy atom. The Hall–Kier alpha value is -4.12.